The molecular formula is C26H25N. The van der Waals surface area contributed by atoms with Gasteiger partial charge in [-0.05, 0) is 40.1 Å². The molecule has 0 unspecified atom stereocenters. The summed E-state index contributed by atoms with van der Waals surface area (Å²) < 4.78 is 2.55. The minimum absolute atomic E-state index is 1.09. The molecule has 0 fully saturated rings. The highest BCUT2D eigenvalue weighted by atomic mass is 15.0. The maximum atomic E-state index is 2.55. The van der Waals surface area contributed by atoms with E-state index in [1.807, 2.05) is 0 Å². The Kier molecular flexibility index (Phi) is 4.09. The van der Waals surface area contributed by atoms with Crippen LogP contribution in [0.5, 0.6) is 0 Å². The van der Waals surface area contributed by atoms with Gasteiger partial charge in [-0.15, -0.1) is 0 Å². The minimum Gasteiger partial charge on any atom is -0.340 e. The fourth-order valence-electron chi connectivity index (χ4n) is 4.56. The van der Waals surface area contributed by atoms with Crippen molar-refractivity contribution in [2.24, 2.45) is 0 Å². The molecule has 0 amide bonds. The Balaban J connectivity index is 1.88. The van der Waals surface area contributed by atoms with E-state index in [2.05, 4.69) is 84.3 Å². The molecule has 4 aromatic carbocycles. The van der Waals surface area contributed by atoms with Gasteiger partial charge in [-0.2, -0.15) is 0 Å². The molecule has 0 N–H and O–H groups in total. The molecule has 1 heterocycles. The maximum absolute atomic E-state index is 2.55. The highest BCUT2D eigenvalue weighted by molar-refractivity contribution is 6.27. The van der Waals surface area contributed by atoms with Crippen molar-refractivity contribution in [1.82, 2.24) is 4.57 Å². The first-order valence-corrected chi connectivity index (χ1v) is 10.2. The van der Waals surface area contributed by atoms with Gasteiger partial charge in [0.2, 0.25) is 0 Å². The van der Waals surface area contributed by atoms with E-state index in [0.717, 1.165) is 6.54 Å². The normalized spacial score (nSPS) is 11.9. The van der Waals surface area contributed by atoms with Gasteiger partial charge in [0.15, 0.2) is 0 Å². The zero-order valence-electron chi connectivity index (χ0n) is 15.9. The molecule has 5 aromatic rings. The van der Waals surface area contributed by atoms with Crippen LogP contribution in [0.4, 0.5) is 0 Å². The summed E-state index contributed by atoms with van der Waals surface area (Å²) >= 11 is 0. The van der Waals surface area contributed by atoms with Crippen molar-refractivity contribution in [3.63, 3.8) is 0 Å². The molecule has 0 radical (unpaired) electrons. The van der Waals surface area contributed by atoms with Crippen LogP contribution in [-0.4, -0.2) is 4.57 Å². The van der Waals surface area contributed by atoms with Crippen LogP contribution in [0.3, 0.4) is 0 Å². The zero-order chi connectivity index (χ0) is 18.2. The van der Waals surface area contributed by atoms with Crippen LogP contribution in [0.2, 0.25) is 0 Å². The van der Waals surface area contributed by atoms with Crippen molar-refractivity contribution in [2.75, 3.05) is 0 Å². The van der Waals surface area contributed by atoms with Gasteiger partial charge >= 0.3 is 0 Å². The Hall–Kier alpha value is -2.80. The summed E-state index contributed by atoms with van der Waals surface area (Å²) in [7, 11) is 0. The number of benzene rings is 4. The Bertz CT molecular complexity index is 1170. The first kappa shape index (κ1) is 16.4. The third kappa shape index (κ3) is 2.61. The van der Waals surface area contributed by atoms with E-state index in [4.69, 9.17) is 0 Å². The van der Waals surface area contributed by atoms with Crippen LogP contribution in [0.15, 0.2) is 72.8 Å². The van der Waals surface area contributed by atoms with Crippen molar-refractivity contribution in [1.29, 1.82) is 0 Å². The van der Waals surface area contributed by atoms with Crippen LogP contribution in [0.1, 0.15) is 32.6 Å². The lowest BCUT2D eigenvalue weighted by Gasteiger charge is -2.08. The van der Waals surface area contributed by atoms with Crippen LogP contribution >= 0.6 is 0 Å². The molecule has 0 spiro atoms. The monoisotopic (exact) mass is 351 g/mol. The lowest BCUT2D eigenvalue weighted by molar-refractivity contribution is 0.602. The number of rotatable bonds is 5. The molecule has 0 aliphatic rings. The SMILES string of the molecule is CCCCCCn1c2ccc3ccccc3c2c2c3ccccc3ccc21. The molecule has 1 aromatic heterocycles. The number of aromatic nitrogens is 1. The summed E-state index contributed by atoms with van der Waals surface area (Å²) in [5.74, 6) is 0. The molecule has 1 heteroatoms. The summed E-state index contributed by atoms with van der Waals surface area (Å²) in [6, 6.07) is 26.8. The minimum atomic E-state index is 1.09. The first-order chi connectivity index (χ1) is 13.4. The summed E-state index contributed by atoms with van der Waals surface area (Å²) in [5, 5.41) is 8.20. The molecule has 134 valence electrons. The second-order valence-electron chi connectivity index (χ2n) is 7.57. The van der Waals surface area contributed by atoms with E-state index in [1.54, 1.807) is 0 Å². The maximum Gasteiger partial charge on any atom is 0.0498 e. The number of unbranched alkanes of at least 4 members (excludes halogenated alkanes) is 3. The van der Waals surface area contributed by atoms with E-state index in [0.29, 0.717) is 0 Å². The average molecular weight is 351 g/mol. The highest BCUT2D eigenvalue weighted by Crippen LogP contribution is 2.38. The summed E-state index contributed by atoms with van der Waals surface area (Å²) in [6.45, 7) is 3.37. The van der Waals surface area contributed by atoms with Crippen molar-refractivity contribution in [3.05, 3.63) is 72.8 Å². The largest absolute Gasteiger partial charge is 0.340 e. The third-order valence-corrected chi connectivity index (χ3v) is 5.88. The molecule has 0 aliphatic heterocycles. The Morgan fingerprint density at radius 2 is 1.15 bits per heavy atom. The molecule has 0 atom stereocenters. The van der Waals surface area contributed by atoms with Gasteiger partial charge in [0, 0.05) is 28.4 Å². The number of fused-ring (bicyclic) bond motifs is 7. The molecular weight excluding hydrogens is 326 g/mol. The quantitative estimate of drug-likeness (QED) is 0.286. The summed E-state index contributed by atoms with van der Waals surface area (Å²) in [5.41, 5.74) is 2.74. The molecule has 5 rings (SSSR count). The van der Waals surface area contributed by atoms with Gasteiger partial charge in [-0.3, -0.25) is 0 Å². The smallest absolute Gasteiger partial charge is 0.0498 e. The third-order valence-electron chi connectivity index (χ3n) is 5.88. The topological polar surface area (TPSA) is 4.93 Å². The van der Waals surface area contributed by atoms with E-state index in [9.17, 15) is 0 Å². The fraction of sp³-hybridized carbons (Fsp3) is 0.231. The Labute approximate surface area is 160 Å². The first-order valence-electron chi connectivity index (χ1n) is 10.2. The Morgan fingerprint density at radius 1 is 0.593 bits per heavy atom. The second kappa shape index (κ2) is 6.74. The Morgan fingerprint density at radius 3 is 1.70 bits per heavy atom. The number of aryl methyl sites for hydroxylation is 1. The van der Waals surface area contributed by atoms with Crippen LogP contribution in [0.25, 0.3) is 43.4 Å². The fourth-order valence-corrected chi connectivity index (χ4v) is 4.56. The predicted molar refractivity (Wildman–Crippen MR) is 119 cm³/mol. The lowest BCUT2D eigenvalue weighted by atomic mass is 10.00. The average Bonchev–Trinajstić information content (AvgIpc) is 3.06. The van der Waals surface area contributed by atoms with E-state index < -0.39 is 0 Å². The lowest BCUT2D eigenvalue weighted by Crippen LogP contribution is -1.97. The molecule has 0 saturated carbocycles. The van der Waals surface area contributed by atoms with Crippen molar-refractivity contribution in [2.45, 2.75) is 39.2 Å². The van der Waals surface area contributed by atoms with Gasteiger partial charge in [0.05, 0.1) is 0 Å². The highest BCUT2D eigenvalue weighted by Gasteiger charge is 2.15. The number of hydrogen-bond acceptors (Lipinski definition) is 0. The van der Waals surface area contributed by atoms with Gasteiger partial charge in [-0.25, -0.2) is 0 Å². The summed E-state index contributed by atoms with van der Waals surface area (Å²) in [4.78, 5) is 0. The molecule has 0 saturated heterocycles. The standard InChI is InChI=1S/C26H25N/c1-2-3-4-9-18-27-23-16-14-19-10-5-7-12-21(19)25(23)26-22-13-8-6-11-20(22)15-17-24(26)27/h5-8,10-17H,2-4,9,18H2,1H3. The van der Waals surface area contributed by atoms with Gasteiger partial charge in [0.1, 0.15) is 0 Å². The van der Waals surface area contributed by atoms with Crippen molar-refractivity contribution >= 4 is 43.4 Å². The van der Waals surface area contributed by atoms with Crippen molar-refractivity contribution in [3.8, 4) is 0 Å². The van der Waals surface area contributed by atoms with Crippen LogP contribution in [-0.2, 0) is 6.54 Å². The molecule has 27 heavy (non-hydrogen) atoms. The molecule has 1 nitrogen and oxygen atoms in total. The van der Waals surface area contributed by atoms with E-state index in [1.165, 1.54) is 69.0 Å². The predicted octanol–water partition coefficient (Wildman–Crippen LogP) is 7.68. The van der Waals surface area contributed by atoms with Gasteiger partial charge in [-0.1, -0.05) is 86.8 Å². The van der Waals surface area contributed by atoms with E-state index in [-0.39, 0.29) is 0 Å². The van der Waals surface area contributed by atoms with Gasteiger partial charge in [0.25, 0.3) is 0 Å². The summed E-state index contributed by atoms with van der Waals surface area (Å²) in [6.07, 6.45) is 5.15. The van der Waals surface area contributed by atoms with E-state index >= 15 is 0 Å². The zero-order valence-corrected chi connectivity index (χ0v) is 15.9. The number of nitrogens with zero attached hydrogens (tertiary/aromatic N) is 1. The van der Waals surface area contributed by atoms with Crippen LogP contribution in [0, 0.1) is 0 Å². The molecule has 0 aliphatic carbocycles. The second-order valence-corrected chi connectivity index (χ2v) is 7.57. The van der Waals surface area contributed by atoms with Gasteiger partial charge < -0.3 is 4.57 Å². The number of hydrogen-bond donors (Lipinski definition) is 0. The van der Waals surface area contributed by atoms with Crippen molar-refractivity contribution < 1.29 is 0 Å². The molecule has 0 bridgehead atoms. The van der Waals surface area contributed by atoms with Crippen LogP contribution < -0.4 is 0 Å².